The number of hydrogen-bond donors (Lipinski definition) is 0. The molecule has 120 valence electrons. The molecule has 3 saturated carbocycles. The van der Waals surface area contributed by atoms with Gasteiger partial charge in [-0.15, -0.1) is 0 Å². The zero-order chi connectivity index (χ0) is 14.0. The van der Waals surface area contributed by atoms with E-state index in [1.165, 1.54) is 63.4 Å². The Morgan fingerprint density at radius 2 is 1.86 bits per heavy atom. The van der Waals surface area contributed by atoms with Gasteiger partial charge in [-0.2, -0.15) is 0 Å². The van der Waals surface area contributed by atoms with Crippen LogP contribution in [0.15, 0.2) is 23.8 Å². The Bertz CT molecular complexity index is 482. The summed E-state index contributed by atoms with van der Waals surface area (Å²) in [6.07, 6.45) is 15.5. The minimum Gasteiger partial charge on any atom is -0.412 e. The maximum Gasteiger partial charge on any atom is 0 e. The van der Waals surface area contributed by atoms with Gasteiger partial charge in [0, 0.05) is 1.43 Å². The molecule has 1 heteroatoms. The monoisotopic (exact) mass is 290 g/mol. The average molecular weight is 290 g/mol. The Morgan fingerprint density at radius 1 is 1.05 bits per heavy atom. The first-order valence-corrected chi connectivity index (χ1v) is 8.92. The highest BCUT2D eigenvalue weighted by Gasteiger charge is 2.55. The van der Waals surface area contributed by atoms with E-state index in [0.717, 1.165) is 17.8 Å². The van der Waals surface area contributed by atoms with E-state index in [2.05, 4.69) is 26.5 Å². The van der Waals surface area contributed by atoms with Gasteiger partial charge >= 0.3 is 0 Å². The van der Waals surface area contributed by atoms with Crippen LogP contribution in [0.25, 0.3) is 0 Å². The van der Waals surface area contributed by atoms with E-state index < -0.39 is 0 Å². The zero-order valence-electron chi connectivity index (χ0n) is 13.9. The quantitative estimate of drug-likeness (QED) is 0.578. The molecule has 0 heterocycles. The summed E-state index contributed by atoms with van der Waals surface area (Å²) in [6, 6.07) is 0. The second-order valence-electron chi connectivity index (χ2n) is 8.75. The molecule has 0 saturated heterocycles. The molecule has 0 aliphatic heterocycles. The molecule has 4 aliphatic rings. The lowest BCUT2D eigenvalue weighted by molar-refractivity contribution is -0.0345. The van der Waals surface area contributed by atoms with Crippen molar-refractivity contribution < 1.29 is 6.90 Å². The number of rotatable bonds is 0. The third-order valence-electron chi connectivity index (χ3n) is 7.86. The molecular formula is C20H34O. The van der Waals surface area contributed by atoms with Crippen LogP contribution in [0.5, 0.6) is 0 Å². The van der Waals surface area contributed by atoms with Gasteiger partial charge in [-0.1, -0.05) is 44.1 Å². The summed E-state index contributed by atoms with van der Waals surface area (Å²) in [7, 11) is 0. The minimum absolute atomic E-state index is 0. The Balaban J connectivity index is 0.000000882. The third kappa shape index (κ3) is 2.07. The van der Waals surface area contributed by atoms with Gasteiger partial charge < -0.3 is 5.48 Å². The SMILES string of the molecule is C=C1C=C2CCC3C4CCC[C@@]4(C)CCC3[C@@]2(C)CC1.O.[HH]. The van der Waals surface area contributed by atoms with Crippen LogP contribution in [-0.2, 0) is 0 Å². The van der Waals surface area contributed by atoms with Crippen molar-refractivity contribution >= 4 is 0 Å². The van der Waals surface area contributed by atoms with E-state index in [-0.39, 0.29) is 6.90 Å². The summed E-state index contributed by atoms with van der Waals surface area (Å²) in [4.78, 5) is 0. The highest BCUT2D eigenvalue weighted by Crippen LogP contribution is 2.65. The largest absolute Gasteiger partial charge is 0.412 e. The van der Waals surface area contributed by atoms with Gasteiger partial charge in [0.2, 0.25) is 0 Å². The lowest BCUT2D eigenvalue weighted by Gasteiger charge is -2.57. The second kappa shape index (κ2) is 4.98. The van der Waals surface area contributed by atoms with E-state index in [1.807, 2.05) is 0 Å². The molecule has 2 N–H and O–H groups in total. The summed E-state index contributed by atoms with van der Waals surface area (Å²) >= 11 is 0. The number of fused-ring (bicyclic) bond motifs is 5. The van der Waals surface area contributed by atoms with Gasteiger partial charge in [0.15, 0.2) is 0 Å². The molecule has 3 fully saturated rings. The second-order valence-corrected chi connectivity index (χ2v) is 8.75. The van der Waals surface area contributed by atoms with Gasteiger partial charge in [-0.05, 0) is 80.0 Å². The van der Waals surface area contributed by atoms with Crippen LogP contribution in [0.4, 0.5) is 0 Å². The summed E-state index contributed by atoms with van der Waals surface area (Å²) in [5, 5.41) is 0. The van der Waals surface area contributed by atoms with Crippen molar-refractivity contribution in [1.82, 2.24) is 0 Å². The van der Waals surface area contributed by atoms with Gasteiger partial charge in [0.05, 0.1) is 0 Å². The molecule has 21 heavy (non-hydrogen) atoms. The molecule has 0 aromatic rings. The van der Waals surface area contributed by atoms with Crippen molar-refractivity contribution in [3.05, 3.63) is 23.8 Å². The van der Waals surface area contributed by atoms with E-state index in [9.17, 15) is 0 Å². The van der Waals surface area contributed by atoms with Gasteiger partial charge in [0.25, 0.3) is 0 Å². The predicted octanol–water partition coefficient (Wildman–Crippen LogP) is 5.32. The van der Waals surface area contributed by atoms with Crippen LogP contribution in [0.2, 0.25) is 0 Å². The Hall–Kier alpha value is -0.560. The highest BCUT2D eigenvalue weighted by molar-refractivity contribution is 5.33. The van der Waals surface area contributed by atoms with E-state index in [0.29, 0.717) is 10.8 Å². The number of hydrogen-bond acceptors (Lipinski definition) is 0. The first-order valence-electron chi connectivity index (χ1n) is 8.92. The molecule has 0 spiro atoms. The normalized spacial score (nSPS) is 48.6. The smallest absolute Gasteiger partial charge is 0 e. The summed E-state index contributed by atoms with van der Waals surface area (Å²) in [5.74, 6) is 3.06. The molecule has 0 amide bonds. The Morgan fingerprint density at radius 3 is 2.67 bits per heavy atom. The molecule has 1 nitrogen and oxygen atoms in total. The van der Waals surface area contributed by atoms with Crippen molar-refractivity contribution in [2.45, 2.75) is 71.6 Å². The van der Waals surface area contributed by atoms with E-state index in [1.54, 1.807) is 5.57 Å². The summed E-state index contributed by atoms with van der Waals surface area (Å²) < 4.78 is 0. The highest BCUT2D eigenvalue weighted by atomic mass is 16.0. The molecular weight excluding hydrogens is 256 g/mol. The van der Waals surface area contributed by atoms with Crippen molar-refractivity contribution in [1.29, 1.82) is 0 Å². The summed E-state index contributed by atoms with van der Waals surface area (Å²) in [5.41, 5.74) is 4.37. The zero-order valence-corrected chi connectivity index (χ0v) is 13.9. The molecule has 4 aliphatic carbocycles. The first-order chi connectivity index (χ1) is 9.53. The minimum atomic E-state index is 0. The van der Waals surface area contributed by atoms with Crippen LogP contribution in [0, 0.1) is 28.6 Å². The van der Waals surface area contributed by atoms with Crippen LogP contribution in [-0.4, -0.2) is 5.48 Å². The summed E-state index contributed by atoms with van der Waals surface area (Å²) in [6.45, 7) is 9.43. The van der Waals surface area contributed by atoms with Gasteiger partial charge in [-0.25, -0.2) is 0 Å². The standard InChI is InChI=1S/C20H30.H2O.H2/c1-14-8-12-20(3)15(13-14)6-7-16-17-5-4-10-19(17,2)11-9-18(16)20;;/h13,16-18H,1,4-12H2,2-3H3;1H2;1H/t16?,17?,18?,19-,20-;;/m0../s1. The van der Waals surface area contributed by atoms with Crippen molar-refractivity contribution in [2.75, 3.05) is 0 Å². The van der Waals surface area contributed by atoms with Crippen molar-refractivity contribution in [2.24, 2.45) is 28.6 Å². The fraction of sp³-hybridized carbons (Fsp3) is 0.800. The van der Waals surface area contributed by atoms with Crippen LogP contribution >= 0.6 is 0 Å². The molecule has 3 unspecified atom stereocenters. The molecule has 0 radical (unpaired) electrons. The Labute approximate surface area is 131 Å². The average Bonchev–Trinajstić information content (AvgIpc) is 2.81. The predicted molar refractivity (Wildman–Crippen MR) is 91.2 cm³/mol. The molecule has 0 aromatic heterocycles. The molecule has 0 bridgehead atoms. The fourth-order valence-corrected chi connectivity index (χ4v) is 6.64. The van der Waals surface area contributed by atoms with Gasteiger partial charge in [0.1, 0.15) is 0 Å². The van der Waals surface area contributed by atoms with Crippen LogP contribution in [0.1, 0.15) is 73.1 Å². The first kappa shape index (κ1) is 15.3. The Kier molecular flexibility index (Phi) is 3.64. The fourth-order valence-electron chi connectivity index (χ4n) is 6.64. The third-order valence-corrected chi connectivity index (χ3v) is 7.86. The van der Waals surface area contributed by atoms with Crippen LogP contribution in [0.3, 0.4) is 0 Å². The molecule has 0 aromatic carbocycles. The maximum absolute atomic E-state index is 4.23. The van der Waals surface area contributed by atoms with Crippen molar-refractivity contribution in [3.63, 3.8) is 0 Å². The maximum atomic E-state index is 4.23. The van der Waals surface area contributed by atoms with E-state index in [4.69, 9.17) is 0 Å². The van der Waals surface area contributed by atoms with Crippen LogP contribution < -0.4 is 0 Å². The lowest BCUT2D eigenvalue weighted by atomic mass is 9.47. The molecule has 5 atom stereocenters. The van der Waals surface area contributed by atoms with Crippen molar-refractivity contribution in [3.8, 4) is 0 Å². The molecule has 4 rings (SSSR count). The van der Waals surface area contributed by atoms with Gasteiger partial charge in [-0.3, -0.25) is 0 Å². The lowest BCUT2D eigenvalue weighted by Crippen LogP contribution is -2.48. The number of allylic oxidation sites excluding steroid dienone is 3. The topological polar surface area (TPSA) is 31.5 Å². The van der Waals surface area contributed by atoms with E-state index >= 15 is 0 Å².